The molecular weight excluding hydrogens is 313 g/mol. The smallest absolute Gasteiger partial charge is 0.526 e. The van der Waals surface area contributed by atoms with Crippen molar-refractivity contribution in [3.05, 3.63) is 59.2 Å². The van der Waals surface area contributed by atoms with Crippen molar-refractivity contribution in [1.82, 2.24) is 0 Å². The van der Waals surface area contributed by atoms with E-state index in [-0.39, 0.29) is 11.5 Å². The van der Waals surface area contributed by atoms with Gasteiger partial charge in [-0.05, 0) is 24.3 Å². The van der Waals surface area contributed by atoms with Crippen molar-refractivity contribution in [2.75, 3.05) is 0 Å². The van der Waals surface area contributed by atoms with Crippen molar-refractivity contribution < 1.29 is 37.9 Å². The molecule has 0 atom stereocenters. The van der Waals surface area contributed by atoms with Gasteiger partial charge in [0.05, 0.1) is 11.1 Å². The minimum Gasteiger partial charge on any atom is -0.526 e. The zero-order valence-electron chi connectivity index (χ0n) is 11.3. The minimum absolute atomic E-state index is 0.0323. The summed E-state index contributed by atoms with van der Waals surface area (Å²) in [6.45, 7) is 0. The Balaban J connectivity index is 1.97. The third-order valence-corrected chi connectivity index (χ3v) is 2.71. The summed E-state index contributed by atoms with van der Waals surface area (Å²) in [6, 6.07) is 6.14. The molecule has 9 heteroatoms. The van der Waals surface area contributed by atoms with Crippen molar-refractivity contribution in [1.29, 1.82) is 0 Å². The molecule has 1 radical (unpaired) electrons. The van der Waals surface area contributed by atoms with E-state index >= 15 is 0 Å². The second kappa shape index (κ2) is 6.78. The summed E-state index contributed by atoms with van der Waals surface area (Å²) in [5.74, 6) is -4.86. The fraction of sp³-hybridized carbons (Fsp3) is 0. The number of hydrogen-bond acceptors (Lipinski definition) is 4. The van der Waals surface area contributed by atoms with Gasteiger partial charge in [-0.1, -0.05) is 0 Å². The number of hydrogen-bond donors (Lipinski definition) is 2. The van der Waals surface area contributed by atoms with Crippen molar-refractivity contribution in [2.24, 2.45) is 0 Å². The van der Waals surface area contributed by atoms with Crippen LogP contribution in [0.2, 0.25) is 0 Å². The first-order chi connectivity index (χ1) is 10.9. The highest BCUT2D eigenvalue weighted by Gasteiger charge is 2.13. The first-order valence-corrected chi connectivity index (χ1v) is 6.09. The highest BCUT2D eigenvalue weighted by atomic mass is 19.1. The molecule has 0 aromatic heterocycles. The van der Waals surface area contributed by atoms with Crippen LogP contribution in [-0.2, 0) is 0 Å². The van der Waals surface area contributed by atoms with E-state index in [0.717, 1.165) is 32.0 Å². The van der Waals surface area contributed by atoms with Gasteiger partial charge in [-0.15, -0.1) is 0 Å². The van der Waals surface area contributed by atoms with Crippen LogP contribution < -0.4 is 9.31 Å². The molecule has 0 aliphatic heterocycles. The molecule has 0 saturated carbocycles. The summed E-state index contributed by atoms with van der Waals surface area (Å²) in [4.78, 5) is 21.3. The highest BCUT2D eigenvalue weighted by Crippen LogP contribution is 2.18. The van der Waals surface area contributed by atoms with E-state index in [0.29, 0.717) is 0 Å². The molecule has 0 saturated heterocycles. The van der Waals surface area contributed by atoms with Gasteiger partial charge >= 0.3 is 19.6 Å². The molecular formula is C14H8BF2O6. The third kappa shape index (κ3) is 3.97. The van der Waals surface area contributed by atoms with Crippen molar-refractivity contribution in [2.45, 2.75) is 0 Å². The van der Waals surface area contributed by atoms with Crippen LogP contribution in [0.1, 0.15) is 20.7 Å². The summed E-state index contributed by atoms with van der Waals surface area (Å²) >= 11 is 0. The second-order valence-electron chi connectivity index (χ2n) is 4.23. The predicted octanol–water partition coefficient (Wildman–Crippen LogP) is 2.35. The fourth-order valence-corrected chi connectivity index (χ4v) is 1.62. The number of carboxylic acids is 2. The maximum absolute atomic E-state index is 13.4. The Morgan fingerprint density at radius 2 is 1.22 bits per heavy atom. The average molecular weight is 321 g/mol. The fourth-order valence-electron chi connectivity index (χ4n) is 1.62. The lowest BCUT2D eigenvalue weighted by molar-refractivity contribution is 0.0680. The molecule has 0 bridgehead atoms. The number of carboxylic acid groups (broad SMARTS) is 2. The lowest BCUT2D eigenvalue weighted by atomic mass is 10.2. The standard InChI is InChI=1S/C14H8BF2O6/c16-11-5-7(1-3-9(11)13(18)19)22-15-23-8-2-4-10(14(20)21)12(17)6-8/h1-6H,(H,18,19)(H,20,21). The normalized spacial score (nSPS) is 10.0. The number of halogens is 2. The van der Waals surface area contributed by atoms with Gasteiger partial charge in [0.15, 0.2) is 0 Å². The zero-order chi connectivity index (χ0) is 17.0. The van der Waals surface area contributed by atoms with Crippen LogP contribution >= 0.6 is 0 Å². The van der Waals surface area contributed by atoms with E-state index in [4.69, 9.17) is 19.5 Å². The first kappa shape index (κ1) is 16.3. The quantitative estimate of drug-likeness (QED) is 0.794. The van der Waals surface area contributed by atoms with Crippen LogP contribution in [0.25, 0.3) is 0 Å². The molecule has 0 aliphatic carbocycles. The predicted molar refractivity (Wildman–Crippen MR) is 73.7 cm³/mol. The van der Waals surface area contributed by atoms with Gasteiger partial charge in [0, 0.05) is 12.1 Å². The molecule has 117 valence electrons. The van der Waals surface area contributed by atoms with Crippen LogP contribution in [0.4, 0.5) is 8.78 Å². The topological polar surface area (TPSA) is 93.1 Å². The summed E-state index contributed by atoms with van der Waals surface area (Å²) in [5, 5.41) is 17.4. The molecule has 0 fully saturated rings. The average Bonchev–Trinajstić information content (AvgIpc) is 2.46. The molecule has 6 nitrogen and oxygen atoms in total. The third-order valence-electron chi connectivity index (χ3n) is 2.71. The minimum atomic E-state index is -1.41. The Bertz CT molecular complexity index is 701. The van der Waals surface area contributed by atoms with E-state index in [9.17, 15) is 18.4 Å². The maximum Gasteiger partial charge on any atom is 0.658 e. The lowest BCUT2D eigenvalue weighted by Crippen LogP contribution is -2.12. The summed E-state index contributed by atoms with van der Waals surface area (Å²) < 4.78 is 36.7. The molecule has 0 aliphatic rings. The van der Waals surface area contributed by atoms with Crippen molar-refractivity contribution in [3.63, 3.8) is 0 Å². The van der Waals surface area contributed by atoms with Gasteiger partial charge in [0.25, 0.3) is 0 Å². The Hall–Kier alpha value is -3.10. The van der Waals surface area contributed by atoms with Crippen LogP contribution in [0.3, 0.4) is 0 Å². The van der Waals surface area contributed by atoms with Gasteiger partial charge < -0.3 is 19.5 Å². The summed E-state index contributed by atoms with van der Waals surface area (Å²) in [5.41, 5.74) is -1.02. The molecule has 0 heterocycles. The van der Waals surface area contributed by atoms with Crippen LogP contribution in [0, 0.1) is 11.6 Å². The first-order valence-electron chi connectivity index (χ1n) is 6.09. The molecule has 0 unspecified atom stereocenters. The molecule has 0 amide bonds. The molecule has 2 aromatic carbocycles. The number of aromatic carboxylic acids is 2. The van der Waals surface area contributed by atoms with Gasteiger partial charge in [0.1, 0.15) is 23.1 Å². The largest absolute Gasteiger partial charge is 0.658 e. The summed E-state index contributed by atoms with van der Waals surface area (Å²) in [7, 11) is 0.768. The van der Waals surface area contributed by atoms with Gasteiger partial charge in [-0.3, -0.25) is 0 Å². The Morgan fingerprint density at radius 1 is 0.826 bits per heavy atom. The van der Waals surface area contributed by atoms with Gasteiger partial charge in [-0.25, -0.2) is 18.4 Å². The molecule has 2 aromatic rings. The van der Waals surface area contributed by atoms with E-state index < -0.39 is 34.7 Å². The molecule has 23 heavy (non-hydrogen) atoms. The van der Waals surface area contributed by atoms with Crippen molar-refractivity contribution in [3.8, 4) is 11.5 Å². The maximum atomic E-state index is 13.4. The van der Waals surface area contributed by atoms with Crippen LogP contribution in [0.5, 0.6) is 11.5 Å². The highest BCUT2D eigenvalue weighted by molar-refractivity contribution is 6.20. The number of rotatable bonds is 6. The molecule has 0 spiro atoms. The monoisotopic (exact) mass is 321 g/mol. The van der Waals surface area contributed by atoms with Gasteiger partial charge in [0.2, 0.25) is 0 Å². The number of carbonyl (C=O) groups is 2. The molecule has 2 rings (SSSR count). The Morgan fingerprint density at radius 3 is 1.52 bits per heavy atom. The second-order valence-corrected chi connectivity index (χ2v) is 4.23. The van der Waals surface area contributed by atoms with Crippen LogP contribution in [-0.4, -0.2) is 29.8 Å². The van der Waals surface area contributed by atoms with E-state index in [1.165, 1.54) is 12.1 Å². The summed E-state index contributed by atoms with van der Waals surface area (Å²) in [6.07, 6.45) is 0. The Kier molecular flexibility index (Phi) is 4.80. The van der Waals surface area contributed by atoms with E-state index in [2.05, 4.69) is 0 Å². The zero-order valence-corrected chi connectivity index (χ0v) is 11.3. The SMILES string of the molecule is O=C(O)c1ccc(O[B]Oc2ccc(C(=O)O)c(F)c2)cc1F. The van der Waals surface area contributed by atoms with Crippen molar-refractivity contribution >= 4 is 19.6 Å². The van der Waals surface area contributed by atoms with E-state index in [1.54, 1.807) is 0 Å². The Labute approximate surface area is 129 Å². The number of benzene rings is 2. The van der Waals surface area contributed by atoms with Gasteiger partial charge in [-0.2, -0.15) is 0 Å². The molecule has 2 N–H and O–H groups in total. The lowest BCUT2D eigenvalue weighted by Gasteiger charge is -2.08. The van der Waals surface area contributed by atoms with E-state index in [1.807, 2.05) is 0 Å². The van der Waals surface area contributed by atoms with Crippen LogP contribution in [0.15, 0.2) is 36.4 Å².